The van der Waals surface area contributed by atoms with Gasteiger partial charge in [-0.05, 0) is 42.6 Å². The van der Waals surface area contributed by atoms with Crippen LogP contribution in [-0.2, 0) is 11.2 Å². The highest BCUT2D eigenvalue weighted by molar-refractivity contribution is 5.67. The predicted molar refractivity (Wildman–Crippen MR) is 89.8 cm³/mol. The first-order valence-corrected chi connectivity index (χ1v) is 8.54. The molecule has 22 heavy (non-hydrogen) atoms. The minimum Gasteiger partial charge on any atom is -0.446 e. The summed E-state index contributed by atoms with van der Waals surface area (Å²) in [6.07, 6.45) is 4.06. The Morgan fingerprint density at radius 2 is 2.00 bits per heavy atom. The Morgan fingerprint density at radius 1 is 1.27 bits per heavy atom. The summed E-state index contributed by atoms with van der Waals surface area (Å²) in [7, 11) is 0. The maximum atomic E-state index is 12.0. The van der Waals surface area contributed by atoms with Gasteiger partial charge in [0.2, 0.25) is 0 Å². The van der Waals surface area contributed by atoms with Gasteiger partial charge in [-0.15, -0.1) is 0 Å². The number of nitrogens with one attached hydrogen (secondary N) is 1. The van der Waals surface area contributed by atoms with Crippen molar-refractivity contribution in [2.24, 2.45) is 17.8 Å². The number of amides is 1. The zero-order chi connectivity index (χ0) is 15.9. The second kappa shape index (κ2) is 8.21. The fourth-order valence-corrected chi connectivity index (χ4v) is 3.38. The molecule has 1 aromatic rings. The van der Waals surface area contributed by atoms with Crippen LogP contribution < -0.4 is 5.32 Å². The van der Waals surface area contributed by atoms with E-state index in [9.17, 15) is 4.79 Å². The van der Waals surface area contributed by atoms with E-state index in [1.165, 1.54) is 18.4 Å². The van der Waals surface area contributed by atoms with Crippen LogP contribution in [0.5, 0.6) is 0 Å². The van der Waals surface area contributed by atoms with Crippen LogP contribution in [0.25, 0.3) is 0 Å². The molecule has 2 rings (SSSR count). The first-order chi connectivity index (χ1) is 10.6. The van der Waals surface area contributed by atoms with Crippen molar-refractivity contribution in [2.75, 3.05) is 6.54 Å². The van der Waals surface area contributed by atoms with Crippen molar-refractivity contribution >= 4 is 6.09 Å². The fourth-order valence-electron chi connectivity index (χ4n) is 3.38. The van der Waals surface area contributed by atoms with Crippen LogP contribution in [0.3, 0.4) is 0 Å². The molecule has 1 aromatic carbocycles. The van der Waals surface area contributed by atoms with Crippen LogP contribution >= 0.6 is 0 Å². The van der Waals surface area contributed by atoms with Gasteiger partial charge in [-0.1, -0.05) is 57.5 Å². The van der Waals surface area contributed by atoms with E-state index in [0.29, 0.717) is 24.3 Å². The normalized spacial score (nSPS) is 25.0. The minimum absolute atomic E-state index is 0.0699. The number of carbonyl (C=O) groups is 1. The van der Waals surface area contributed by atoms with Gasteiger partial charge >= 0.3 is 6.09 Å². The van der Waals surface area contributed by atoms with Crippen molar-refractivity contribution in [2.45, 2.75) is 52.6 Å². The van der Waals surface area contributed by atoms with Crippen molar-refractivity contribution in [3.05, 3.63) is 35.9 Å². The molecule has 1 N–H and O–H groups in total. The van der Waals surface area contributed by atoms with Gasteiger partial charge in [-0.25, -0.2) is 4.79 Å². The van der Waals surface area contributed by atoms with Crippen molar-refractivity contribution in [1.82, 2.24) is 5.32 Å². The third-order valence-electron chi connectivity index (χ3n) is 4.75. The molecule has 0 aromatic heterocycles. The topological polar surface area (TPSA) is 38.3 Å². The Kier molecular flexibility index (Phi) is 6.29. The highest BCUT2D eigenvalue weighted by atomic mass is 16.6. The highest BCUT2D eigenvalue weighted by Crippen LogP contribution is 2.35. The van der Waals surface area contributed by atoms with Gasteiger partial charge in [0.15, 0.2) is 0 Å². The molecule has 1 amide bonds. The minimum atomic E-state index is -0.263. The summed E-state index contributed by atoms with van der Waals surface area (Å²) in [6.45, 7) is 7.33. The van der Waals surface area contributed by atoms with Crippen LogP contribution in [0.2, 0.25) is 0 Å². The Hall–Kier alpha value is -1.51. The summed E-state index contributed by atoms with van der Waals surface area (Å²) in [4.78, 5) is 12.0. The van der Waals surface area contributed by atoms with Crippen molar-refractivity contribution < 1.29 is 9.53 Å². The number of ether oxygens (including phenoxy) is 1. The molecule has 122 valence electrons. The molecule has 0 spiro atoms. The van der Waals surface area contributed by atoms with Crippen molar-refractivity contribution in [1.29, 1.82) is 0 Å². The van der Waals surface area contributed by atoms with Crippen LogP contribution in [-0.4, -0.2) is 18.7 Å². The van der Waals surface area contributed by atoms with Gasteiger partial charge in [-0.3, -0.25) is 0 Å². The molecular formula is C19H29NO2. The Labute approximate surface area is 134 Å². The van der Waals surface area contributed by atoms with Gasteiger partial charge in [0.05, 0.1) is 0 Å². The summed E-state index contributed by atoms with van der Waals surface area (Å²) < 4.78 is 5.72. The Balaban J connectivity index is 1.77. The van der Waals surface area contributed by atoms with E-state index >= 15 is 0 Å². The molecule has 3 heteroatoms. The standard InChI is InChI=1S/C19H29NO2/c1-14(2)17-10-9-15(3)13-18(17)22-19(21)20-12-11-16-7-5-4-6-8-16/h4-8,14-15,17-18H,9-13H2,1-3H3,(H,20,21)/t15-,17-,18+/m1/s1. The number of hydrogen-bond acceptors (Lipinski definition) is 2. The lowest BCUT2D eigenvalue weighted by Gasteiger charge is -2.36. The summed E-state index contributed by atoms with van der Waals surface area (Å²) in [5.74, 6) is 1.71. The predicted octanol–water partition coefficient (Wildman–Crippen LogP) is 4.42. The molecule has 0 radical (unpaired) electrons. The van der Waals surface area contributed by atoms with Gasteiger partial charge in [0, 0.05) is 6.54 Å². The van der Waals surface area contributed by atoms with Gasteiger partial charge < -0.3 is 10.1 Å². The lowest BCUT2D eigenvalue weighted by Crippen LogP contribution is -2.39. The van der Waals surface area contributed by atoms with Crippen LogP contribution in [0.4, 0.5) is 4.79 Å². The van der Waals surface area contributed by atoms with E-state index in [1.807, 2.05) is 18.2 Å². The average molecular weight is 303 g/mol. The summed E-state index contributed by atoms with van der Waals surface area (Å²) in [6, 6.07) is 10.2. The van der Waals surface area contributed by atoms with Crippen LogP contribution in [0.15, 0.2) is 30.3 Å². The maximum Gasteiger partial charge on any atom is 0.407 e. The van der Waals surface area contributed by atoms with E-state index in [2.05, 4.69) is 38.2 Å². The third-order valence-corrected chi connectivity index (χ3v) is 4.75. The van der Waals surface area contributed by atoms with Crippen molar-refractivity contribution in [3.8, 4) is 0 Å². The molecule has 1 aliphatic carbocycles. The zero-order valence-electron chi connectivity index (χ0n) is 14.0. The summed E-state index contributed by atoms with van der Waals surface area (Å²) >= 11 is 0. The number of alkyl carbamates (subject to hydrolysis) is 1. The van der Waals surface area contributed by atoms with Crippen molar-refractivity contribution in [3.63, 3.8) is 0 Å². The average Bonchev–Trinajstić information content (AvgIpc) is 2.48. The molecule has 3 nitrogen and oxygen atoms in total. The van der Waals surface area contributed by atoms with Gasteiger partial charge in [-0.2, -0.15) is 0 Å². The zero-order valence-corrected chi connectivity index (χ0v) is 14.0. The van der Waals surface area contributed by atoms with Crippen LogP contribution in [0.1, 0.15) is 45.6 Å². The molecule has 1 aliphatic rings. The number of hydrogen-bond donors (Lipinski definition) is 1. The molecular weight excluding hydrogens is 274 g/mol. The Bertz CT molecular complexity index is 458. The smallest absolute Gasteiger partial charge is 0.407 e. The lowest BCUT2D eigenvalue weighted by atomic mass is 9.75. The van der Waals surface area contributed by atoms with E-state index in [1.54, 1.807) is 0 Å². The first-order valence-electron chi connectivity index (χ1n) is 8.54. The SMILES string of the molecule is CC(C)[C@H]1CC[C@@H](C)C[C@@H]1OC(=O)NCCc1ccccc1. The second-order valence-corrected chi connectivity index (χ2v) is 6.93. The number of carbonyl (C=O) groups excluding carboxylic acids is 1. The monoisotopic (exact) mass is 303 g/mol. The second-order valence-electron chi connectivity index (χ2n) is 6.93. The largest absolute Gasteiger partial charge is 0.446 e. The highest BCUT2D eigenvalue weighted by Gasteiger charge is 2.33. The Morgan fingerprint density at radius 3 is 2.68 bits per heavy atom. The van der Waals surface area contributed by atoms with Gasteiger partial charge in [0.1, 0.15) is 6.10 Å². The van der Waals surface area contributed by atoms with E-state index in [-0.39, 0.29) is 12.2 Å². The summed E-state index contributed by atoms with van der Waals surface area (Å²) in [5.41, 5.74) is 1.23. The van der Waals surface area contributed by atoms with E-state index in [4.69, 9.17) is 4.74 Å². The molecule has 0 saturated heterocycles. The lowest BCUT2D eigenvalue weighted by molar-refractivity contribution is 0.00631. The number of rotatable bonds is 5. The molecule has 1 saturated carbocycles. The van der Waals surface area contributed by atoms with Crippen LogP contribution in [0, 0.1) is 17.8 Å². The molecule has 0 bridgehead atoms. The quantitative estimate of drug-likeness (QED) is 0.874. The fraction of sp³-hybridized carbons (Fsp3) is 0.632. The molecule has 0 aliphatic heterocycles. The van der Waals surface area contributed by atoms with E-state index in [0.717, 1.165) is 12.8 Å². The first kappa shape index (κ1) is 16.9. The number of benzene rings is 1. The van der Waals surface area contributed by atoms with E-state index < -0.39 is 0 Å². The maximum absolute atomic E-state index is 12.0. The molecule has 3 atom stereocenters. The third kappa shape index (κ3) is 5.04. The molecule has 0 heterocycles. The van der Waals surface area contributed by atoms with Gasteiger partial charge in [0.25, 0.3) is 0 Å². The molecule has 0 unspecified atom stereocenters. The molecule has 1 fully saturated rings. The summed E-state index contributed by atoms with van der Waals surface area (Å²) in [5, 5.41) is 2.89.